The van der Waals surface area contributed by atoms with Gasteiger partial charge >= 0.3 is 0 Å². The van der Waals surface area contributed by atoms with Crippen molar-refractivity contribution in [2.75, 3.05) is 16.5 Å². The minimum absolute atomic E-state index is 0.752. The van der Waals surface area contributed by atoms with Crippen molar-refractivity contribution in [3.05, 3.63) is 143 Å². The van der Waals surface area contributed by atoms with Crippen molar-refractivity contribution < 1.29 is 0 Å². The quantitative estimate of drug-likeness (QED) is 0.279. The Morgan fingerprint density at radius 1 is 0.556 bits per heavy atom. The molecule has 0 saturated carbocycles. The molecule has 4 aromatic carbocycles. The highest BCUT2D eigenvalue weighted by molar-refractivity contribution is 5.72. The highest BCUT2D eigenvalue weighted by Gasteiger charge is 2.27. The molecule has 0 saturated heterocycles. The lowest BCUT2D eigenvalue weighted by Gasteiger charge is -2.44. The summed E-state index contributed by atoms with van der Waals surface area (Å²) < 4.78 is 0. The molecule has 1 aliphatic rings. The van der Waals surface area contributed by atoms with E-state index in [-0.39, 0.29) is 0 Å². The lowest BCUT2D eigenvalue weighted by atomic mass is 10.1. The summed E-state index contributed by atoms with van der Waals surface area (Å²) in [7, 11) is 0. The summed E-state index contributed by atoms with van der Waals surface area (Å²) in [5, 5.41) is 4.71. The molecule has 180 valence electrons. The second-order valence-corrected chi connectivity index (χ2v) is 9.54. The van der Waals surface area contributed by atoms with Gasteiger partial charge < -0.3 is 0 Å². The number of anilines is 4. The van der Waals surface area contributed by atoms with Gasteiger partial charge in [-0.3, -0.25) is 14.9 Å². The molecule has 0 radical (unpaired) electrons. The molecule has 3 heteroatoms. The van der Waals surface area contributed by atoms with Gasteiger partial charge in [-0.1, -0.05) is 60.7 Å². The van der Waals surface area contributed by atoms with E-state index in [1.54, 1.807) is 0 Å². The summed E-state index contributed by atoms with van der Waals surface area (Å²) in [6.45, 7) is 9.35. The van der Waals surface area contributed by atoms with Crippen LogP contribution in [0.1, 0.15) is 22.3 Å². The Labute approximate surface area is 215 Å². The molecule has 0 fully saturated rings. The maximum atomic E-state index is 2.37. The zero-order valence-corrected chi connectivity index (χ0v) is 21.5. The first-order valence-electron chi connectivity index (χ1n) is 12.5. The van der Waals surface area contributed by atoms with E-state index in [1.807, 2.05) is 0 Å². The minimum atomic E-state index is 0.752. The molecule has 1 aliphatic heterocycles. The van der Waals surface area contributed by atoms with Crippen LogP contribution in [-0.2, 0) is 0 Å². The van der Waals surface area contributed by atoms with Crippen LogP contribution in [0.25, 0.3) is 0 Å². The molecule has 0 atom stereocenters. The number of rotatable bonds is 6. The molecule has 0 N–H and O–H groups in total. The van der Waals surface area contributed by atoms with Crippen LogP contribution in [-0.4, -0.2) is 11.6 Å². The third kappa shape index (κ3) is 4.92. The Kier molecular flexibility index (Phi) is 6.64. The first-order valence-corrected chi connectivity index (χ1v) is 12.5. The van der Waals surface area contributed by atoms with Crippen LogP contribution in [0.5, 0.6) is 0 Å². The van der Waals surface area contributed by atoms with E-state index in [4.69, 9.17) is 0 Å². The third-order valence-electron chi connectivity index (χ3n) is 6.41. The lowest BCUT2D eigenvalue weighted by molar-refractivity contribution is 0.377. The summed E-state index contributed by atoms with van der Waals surface area (Å²) >= 11 is 0. The number of hydrogen-bond donors (Lipinski definition) is 0. The fourth-order valence-corrected chi connectivity index (χ4v) is 4.76. The van der Waals surface area contributed by atoms with Gasteiger partial charge in [-0.25, -0.2) is 0 Å². The van der Waals surface area contributed by atoms with Crippen molar-refractivity contribution in [2.45, 2.75) is 27.7 Å². The van der Waals surface area contributed by atoms with Gasteiger partial charge in [-0.15, -0.1) is 0 Å². The predicted molar refractivity (Wildman–Crippen MR) is 153 cm³/mol. The van der Waals surface area contributed by atoms with Crippen LogP contribution in [0.3, 0.4) is 0 Å². The summed E-state index contributed by atoms with van der Waals surface area (Å²) in [6, 6.07) is 34.9. The molecule has 0 aliphatic carbocycles. The highest BCUT2D eigenvalue weighted by atomic mass is 15.7. The van der Waals surface area contributed by atoms with E-state index in [2.05, 4.69) is 158 Å². The zero-order valence-electron chi connectivity index (χ0n) is 21.5. The average Bonchev–Trinajstić information content (AvgIpc) is 2.86. The molecular weight excluding hydrogens is 438 g/mol. The second-order valence-electron chi connectivity index (χ2n) is 9.54. The van der Waals surface area contributed by atoms with Crippen molar-refractivity contribution in [1.82, 2.24) is 5.01 Å². The summed E-state index contributed by atoms with van der Waals surface area (Å²) in [4.78, 5) is 2.36. The third-order valence-corrected chi connectivity index (χ3v) is 6.41. The standard InChI is InChI=1S/C33H33N3/c1-25-11-7-15-29(21-25)35(30-16-8-12-26(2)22-30)33-19-5-6-20-34(33)36(31-17-9-13-27(3)23-31)32-18-10-14-28(4)24-32/h5-19,21-24H,20H2,1-4H3. The topological polar surface area (TPSA) is 9.72 Å². The number of aryl methyl sites for hydroxylation is 4. The molecule has 0 amide bonds. The Morgan fingerprint density at radius 3 is 1.42 bits per heavy atom. The van der Waals surface area contributed by atoms with Gasteiger partial charge in [0.1, 0.15) is 5.82 Å². The van der Waals surface area contributed by atoms with Crippen LogP contribution >= 0.6 is 0 Å². The monoisotopic (exact) mass is 471 g/mol. The first kappa shape index (κ1) is 23.5. The minimum Gasteiger partial charge on any atom is -0.295 e. The molecule has 0 spiro atoms. The average molecular weight is 472 g/mol. The van der Waals surface area contributed by atoms with Gasteiger partial charge in [0.2, 0.25) is 0 Å². The highest BCUT2D eigenvalue weighted by Crippen LogP contribution is 2.38. The van der Waals surface area contributed by atoms with Crippen LogP contribution in [0.2, 0.25) is 0 Å². The van der Waals surface area contributed by atoms with E-state index >= 15 is 0 Å². The second kappa shape index (κ2) is 10.2. The molecule has 0 unspecified atom stereocenters. The number of hydrogen-bond acceptors (Lipinski definition) is 3. The molecule has 3 nitrogen and oxygen atoms in total. The summed E-state index contributed by atoms with van der Waals surface area (Å²) in [6.07, 6.45) is 6.59. The molecule has 5 rings (SSSR count). The number of hydrazine groups is 1. The Bertz CT molecular complexity index is 1340. The van der Waals surface area contributed by atoms with Crippen LogP contribution < -0.4 is 9.91 Å². The normalized spacial score (nSPS) is 12.9. The predicted octanol–water partition coefficient (Wildman–Crippen LogP) is 8.52. The SMILES string of the molecule is Cc1cccc(N(C2=CC=CCN2N(c2cccc(C)c2)c2cccc(C)c2)c2cccc(C)c2)c1. The summed E-state index contributed by atoms with van der Waals surface area (Å²) in [5.74, 6) is 1.09. The first-order chi connectivity index (χ1) is 17.5. The smallest absolute Gasteiger partial charge is 0.133 e. The van der Waals surface area contributed by atoms with Crippen molar-refractivity contribution in [3.63, 3.8) is 0 Å². The van der Waals surface area contributed by atoms with Crippen molar-refractivity contribution in [2.24, 2.45) is 0 Å². The van der Waals surface area contributed by atoms with E-state index in [0.29, 0.717) is 0 Å². The molecule has 0 bridgehead atoms. The van der Waals surface area contributed by atoms with E-state index < -0.39 is 0 Å². The van der Waals surface area contributed by atoms with Crippen LogP contribution in [0, 0.1) is 27.7 Å². The summed E-state index contributed by atoms with van der Waals surface area (Å²) in [5.41, 5.74) is 9.48. The van der Waals surface area contributed by atoms with Crippen molar-refractivity contribution >= 4 is 22.7 Å². The van der Waals surface area contributed by atoms with Gasteiger partial charge in [0, 0.05) is 11.4 Å². The molecule has 36 heavy (non-hydrogen) atoms. The fraction of sp³-hybridized carbons (Fsp3) is 0.152. The molecule has 4 aromatic rings. The van der Waals surface area contributed by atoms with Crippen molar-refractivity contribution in [3.8, 4) is 0 Å². The van der Waals surface area contributed by atoms with E-state index in [0.717, 1.165) is 35.1 Å². The molecule has 0 aromatic heterocycles. The van der Waals surface area contributed by atoms with E-state index in [1.165, 1.54) is 22.3 Å². The number of nitrogens with zero attached hydrogens (tertiary/aromatic N) is 3. The fourth-order valence-electron chi connectivity index (χ4n) is 4.76. The van der Waals surface area contributed by atoms with Gasteiger partial charge in [-0.05, 0) is 105 Å². The number of allylic oxidation sites excluding steroid dienone is 2. The number of benzene rings is 4. The maximum absolute atomic E-state index is 2.37. The van der Waals surface area contributed by atoms with Gasteiger partial charge in [0.05, 0.1) is 17.9 Å². The Morgan fingerprint density at radius 2 is 0.972 bits per heavy atom. The van der Waals surface area contributed by atoms with Gasteiger partial charge in [-0.2, -0.15) is 0 Å². The lowest BCUT2D eigenvalue weighted by Crippen LogP contribution is -2.44. The maximum Gasteiger partial charge on any atom is 0.133 e. The molecule has 1 heterocycles. The Hall–Kier alpha value is -4.24. The largest absolute Gasteiger partial charge is 0.295 e. The van der Waals surface area contributed by atoms with Crippen molar-refractivity contribution in [1.29, 1.82) is 0 Å². The van der Waals surface area contributed by atoms with Gasteiger partial charge in [0.25, 0.3) is 0 Å². The van der Waals surface area contributed by atoms with E-state index in [9.17, 15) is 0 Å². The molecular formula is C33H33N3. The zero-order chi connectivity index (χ0) is 25.1. The van der Waals surface area contributed by atoms with Gasteiger partial charge in [0.15, 0.2) is 0 Å². The Balaban J connectivity index is 1.70. The van der Waals surface area contributed by atoms with Crippen LogP contribution in [0.4, 0.5) is 22.7 Å². The van der Waals surface area contributed by atoms with Crippen LogP contribution in [0.15, 0.2) is 121 Å².